The molecule has 0 bridgehead atoms. The Kier molecular flexibility index (Phi) is 7.42. The van der Waals surface area contributed by atoms with Crippen LogP contribution in [0.15, 0.2) is 41.4 Å². The molecule has 0 aliphatic carbocycles. The van der Waals surface area contributed by atoms with Gasteiger partial charge in [0.25, 0.3) is 5.91 Å². The summed E-state index contributed by atoms with van der Waals surface area (Å²) in [7, 11) is 2.87. The highest BCUT2D eigenvalue weighted by atomic mass is 32.1. The third-order valence-electron chi connectivity index (χ3n) is 6.67. The zero-order valence-electron chi connectivity index (χ0n) is 21.4. The molecule has 1 saturated heterocycles. The van der Waals surface area contributed by atoms with E-state index in [9.17, 15) is 14.7 Å². The molecule has 0 spiro atoms. The van der Waals surface area contributed by atoms with E-state index in [-0.39, 0.29) is 17.4 Å². The molecule has 1 aliphatic rings. The number of ether oxygens (including phenoxy) is 2. The summed E-state index contributed by atoms with van der Waals surface area (Å²) in [6, 6.07) is 3.74. The van der Waals surface area contributed by atoms with E-state index >= 15 is 4.39 Å². The van der Waals surface area contributed by atoms with Gasteiger partial charge in [0.05, 0.1) is 18.7 Å². The highest BCUT2D eigenvalue weighted by molar-refractivity contribution is 7.09. The molecule has 3 unspecified atom stereocenters. The number of aromatic nitrogens is 2. The summed E-state index contributed by atoms with van der Waals surface area (Å²) in [6.45, 7) is 5.67. The zero-order valence-corrected chi connectivity index (χ0v) is 23.0. The number of thiazole rings is 2. The molecule has 1 amide bonds. The molecular formula is C26H30FN3O5S2. The van der Waals surface area contributed by atoms with Gasteiger partial charge in [-0.25, -0.2) is 19.2 Å². The van der Waals surface area contributed by atoms with E-state index in [0.29, 0.717) is 15.8 Å². The number of methoxy groups -OCH3 is 2. The first-order chi connectivity index (χ1) is 17.5. The minimum absolute atomic E-state index is 0.153. The van der Waals surface area contributed by atoms with Crippen molar-refractivity contribution in [3.8, 4) is 5.75 Å². The zero-order chi connectivity index (χ0) is 27.0. The second-order valence-corrected chi connectivity index (χ2v) is 12.1. The van der Waals surface area contributed by atoms with Gasteiger partial charge in [-0.15, -0.1) is 22.7 Å². The van der Waals surface area contributed by atoms with Crippen molar-refractivity contribution in [2.45, 2.75) is 56.3 Å². The van der Waals surface area contributed by atoms with Crippen molar-refractivity contribution in [3.05, 3.63) is 62.5 Å². The smallest absolute Gasteiger partial charge is 0.330 e. The molecule has 3 heterocycles. The van der Waals surface area contributed by atoms with Gasteiger partial charge in [0.1, 0.15) is 16.8 Å². The van der Waals surface area contributed by atoms with Gasteiger partial charge in [-0.2, -0.15) is 0 Å². The number of carboxylic acids is 1. The number of rotatable bonds is 8. The van der Waals surface area contributed by atoms with E-state index in [1.165, 1.54) is 43.1 Å². The predicted octanol–water partition coefficient (Wildman–Crippen LogP) is 4.91. The molecule has 8 nitrogen and oxygen atoms in total. The number of carbonyl (C=O) groups excluding carboxylic acids is 1. The second kappa shape index (κ2) is 10.1. The van der Waals surface area contributed by atoms with E-state index in [1.807, 2.05) is 20.8 Å². The largest absolute Gasteiger partial charge is 0.496 e. The third-order valence-corrected chi connectivity index (χ3v) is 8.27. The fourth-order valence-electron chi connectivity index (χ4n) is 5.10. The van der Waals surface area contributed by atoms with Crippen LogP contribution >= 0.6 is 22.7 Å². The lowest BCUT2D eigenvalue weighted by molar-refractivity contribution is -0.149. The number of benzene rings is 1. The van der Waals surface area contributed by atoms with Gasteiger partial charge in [0, 0.05) is 48.7 Å². The van der Waals surface area contributed by atoms with Crippen LogP contribution in [0.4, 0.5) is 4.39 Å². The number of hydrogen-bond acceptors (Lipinski definition) is 8. The lowest BCUT2D eigenvalue weighted by Crippen LogP contribution is -2.55. The highest BCUT2D eigenvalue weighted by Crippen LogP contribution is 2.54. The van der Waals surface area contributed by atoms with E-state index in [2.05, 4.69) is 9.97 Å². The molecular weight excluding hydrogens is 517 g/mol. The van der Waals surface area contributed by atoms with Crippen LogP contribution in [-0.4, -0.2) is 63.9 Å². The van der Waals surface area contributed by atoms with Crippen LogP contribution in [0.1, 0.15) is 59.2 Å². The topological polar surface area (TPSA) is 102 Å². The van der Waals surface area contributed by atoms with Crippen molar-refractivity contribution in [2.75, 3.05) is 20.8 Å². The number of amides is 1. The maximum Gasteiger partial charge on any atom is 0.330 e. The Hall–Kier alpha value is -2.89. The molecule has 0 radical (unpaired) electrons. The molecule has 1 fully saturated rings. The summed E-state index contributed by atoms with van der Waals surface area (Å²) in [5, 5.41) is 14.8. The minimum atomic E-state index is -2.20. The number of halogens is 1. The normalized spacial score (nSPS) is 23.8. The minimum Gasteiger partial charge on any atom is -0.496 e. The summed E-state index contributed by atoms with van der Waals surface area (Å²) < 4.78 is 27.7. The molecule has 2 aromatic heterocycles. The van der Waals surface area contributed by atoms with Gasteiger partial charge in [0.15, 0.2) is 11.2 Å². The van der Waals surface area contributed by atoms with Crippen LogP contribution in [-0.2, 0) is 21.4 Å². The van der Waals surface area contributed by atoms with Gasteiger partial charge in [0.2, 0.25) is 0 Å². The fourth-order valence-corrected chi connectivity index (χ4v) is 6.66. The number of carbonyl (C=O) groups is 2. The summed E-state index contributed by atoms with van der Waals surface area (Å²) in [6.07, 6.45) is 2.44. The van der Waals surface area contributed by atoms with E-state index < -0.39 is 42.2 Å². The van der Waals surface area contributed by atoms with Gasteiger partial charge < -0.3 is 19.5 Å². The van der Waals surface area contributed by atoms with Crippen LogP contribution in [0.5, 0.6) is 5.75 Å². The first kappa shape index (κ1) is 27.2. The summed E-state index contributed by atoms with van der Waals surface area (Å²) in [5.41, 5.74) is -3.30. The van der Waals surface area contributed by atoms with Crippen molar-refractivity contribution in [3.63, 3.8) is 0 Å². The maximum absolute atomic E-state index is 16.9. The summed E-state index contributed by atoms with van der Waals surface area (Å²) in [4.78, 5) is 37.0. The standard InChI is InChI=1S/C26H30FN3O5S2/c1-24(2,3)17-7-6-16(12-18(17)35-5)22(31)30-20(21-29-9-11-37-21)25(27,15-34-4)14-26(30,23(32)33)13-19-28-8-10-36-19/h6-12,20H,13-15H2,1-5H3,(H,32,33). The third kappa shape index (κ3) is 4.87. The van der Waals surface area contributed by atoms with Crippen LogP contribution in [0.3, 0.4) is 0 Å². The van der Waals surface area contributed by atoms with Gasteiger partial charge in [-0.3, -0.25) is 4.79 Å². The van der Waals surface area contributed by atoms with E-state index in [4.69, 9.17) is 9.47 Å². The van der Waals surface area contributed by atoms with E-state index in [0.717, 1.165) is 10.5 Å². The van der Waals surface area contributed by atoms with Crippen molar-refractivity contribution in [1.29, 1.82) is 0 Å². The second-order valence-electron chi connectivity index (χ2n) is 10.2. The average Bonchev–Trinajstić information content (AvgIpc) is 3.58. The number of hydrogen-bond donors (Lipinski definition) is 1. The van der Waals surface area contributed by atoms with Crippen LogP contribution < -0.4 is 4.74 Å². The van der Waals surface area contributed by atoms with Crippen LogP contribution in [0.2, 0.25) is 0 Å². The lowest BCUT2D eigenvalue weighted by atomic mass is 9.85. The van der Waals surface area contributed by atoms with Crippen molar-refractivity contribution < 1.29 is 28.6 Å². The first-order valence-electron chi connectivity index (χ1n) is 11.7. The highest BCUT2D eigenvalue weighted by Gasteiger charge is 2.67. The van der Waals surface area contributed by atoms with Crippen molar-refractivity contribution in [1.82, 2.24) is 14.9 Å². The molecule has 1 N–H and O–H groups in total. The Morgan fingerprint density at radius 1 is 1.19 bits per heavy atom. The predicted molar refractivity (Wildman–Crippen MR) is 139 cm³/mol. The number of alkyl halides is 1. The van der Waals surface area contributed by atoms with Crippen molar-refractivity contribution >= 4 is 34.6 Å². The molecule has 0 saturated carbocycles. The molecule has 3 atom stereocenters. The molecule has 11 heteroatoms. The summed E-state index contributed by atoms with van der Waals surface area (Å²) >= 11 is 2.43. The SMILES string of the molecule is COCC1(F)CC(Cc2nccs2)(C(=O)O)N(C(=O)c2ccc(C(C)(C)C)c(OC)c2)C1c1nccs1. The Balaban J connectivity index is 1.93. The summed E-state index contributed by atoms with van der Waals surface area (Å²) in [5.74, 6) is -1.45. The maximum atomic E-state index is 16.9. The van der Waals surface area contributed by atoms with Gasteiger partial charge in [-0.1, -0.05) is 26.8 Å². The molecule has 3 aromatic rings. The first-order valence-corrected chi connectivity index (χ1v) is 13.4. The molecule has 1 aromatic carbocycles. The number of likely N-dealkylation sites (tertiary alicyclic amines) is 1. The Bertz CT molecular complexity index is 1260. The Labute approximate surface area is 223 Å². The van der Waals surface area contributed by atoms with Gasteiger partial charge in [-0.05, 0) is 23.1 Å². The Morgan fingerprint density at radius 2 is 1.89 bits per heavy atom. The monoisotopic (exact) mass is 547 g/mol. The number of carboxylic acid groups (broad SMARTS) is 1. The Morgan fingerprint density at radius 3 is 2.43 bits per heavy atom. The average molecular weight is 548 g/mol. The quantitative estimate of drug-likeness (QED) is 0.427. The fraction of sp³-hybridized carbons (Fsp3) is 0.462. The van der Waals surface area contributed by atoms with Gasteiger partial charge >= 0.3 is 5.97 Å². The molecule has 1 aliphatic heterocycles. The van der Waals surface area contributed by atoms with E-state index in [1.54, 1.807) is 35.2 Å². The molecule has 4 rings (SSSR count). The lowest BCUT2D eigenvalue weighted by Gasteiger charge is -2.37. The van der Waals surface area contributed by atoms with Crippen molar-refractivity contribution in [2.24, 2.45) is 0 Å². The van der Waals surface area contributed by atoms with Crippen LogP contribution in [0.25, 0.3) is 0 Å². The number of nitrogens with zero attached hydrogens (tertiary/aromatic N) is 3. The molecule has 198 valence electrons. The number of aliphatic carboxylic acids is 1. The molecule has 37 heavy (non-hydrogen) atoms. The van der Waals surface area contributed by atoms with Crippen LogP contribution in [0, 0.1) is 0 Å².